The summed E-state index contributed by atoms with van der Waals surface area (Å²) < 4.78 is 6.30. The van der Waals surface area contributed by atoms with E-state index in [1.165, 1.54) is 0 Å². The lowest BCUT2D eigenvalue weighted by Gasteiger charge is -2.24. The Hall–Kier alpha value is -3.98. The van der Waals surface area contributed by atoms with E-state index in [2.05, 4.69) is 0 Å². The van der Waals surface area contributed by atoms with Crippen molar-refractivity contribution in [2.24, 2.45) is 5.92 Å². The number of carbonyl (C=O) groups excluding carboxylic acids is 2. The molecule has 0 saturated carbocycles. The number of ketones is 2. The van der Waals surface area contributed by atoms with Gasteiger partial charge in [0.05, 0.1) is 5.92 Å². The van der Waals surface area contributed by atoms with E-state index in [-0.39, 0.29) is 18.0 Å². The standard InChI is InChI=1S/C29H24O3/c30-28(23-15-7-2-8-16-23)26(29(31)24-17-9-3-10-18-24)21-27(22-13-5-1-6-14-22)32-25-19-11-4-12-20-25/h1-20,26-27H,21H2. The van der Waals surface area contributed by atoms with Gasteiger partial charge < -0.3 is 4.74 Å². The van der Waals surface area contributed by atoms with Crippen molar-refractivity contribution in [3.63, 3.8) is 0 Å². The zero-order chi connectivity index (χ0) is 22.2. The predicted molar refractivity (Wildman–Crippen MR) is 126 cm³/mol. The second kappa shape index (κ2) is 10.4. The minimum atomic E-state index is -0.867. The van der Waals surface area contributed by atoms with Crippen molar-refractivity contribution in [1.29, 1.82) is 0 Å². The summed E-state index contributed by atoms with van der Waals surface area (Å²) in [6.45, 7) is 0. The lowest BCUT2D eigenvalue weighted by atomic mass is 9.84. The summed E-state index contributed by atoms with van der Waals surface area (Å²) in [6.07, 6.45) is -0.218. The maximum absolute atomic E-state index is 13.5. The highest BCUT2D eigenvalue weighted by molar-refractivity contribution is 6.16. The Balaban J connectivity index is 1.70. The van der Waals surface area contributed by atoms with Crippen molar-refractivity contribution in [3.05, 3.63) is 138 Å². The van der Waals surface area contributed by atoms with Gasteiger partial charge in [-0.15, -0.1) is 0 Å². The van der Waals surface area contributed by atoms with Crippen LogP contribution < -0.4 is 4.74 Å². The number of hydrogen-bond acceptors (Lipinski definition) is 3. The van der Waals surface area contributed by atoms with Gasteiger partial charge in [0.1, 0.15) is 11.9 Å². The third-order valence-corrected chi connectivity index (χ3v) is 5.39. The maximum Gasteiger partial charge on any atom is 0.173 e. The number of carbonyl (C=O) groups is 2. The highest BCUT2D eigenvalue weighted by Crippen LogP contribution is 2.31. The highest BCUT2D eigenvalue weighted by atomic mass is 16.5. The van der Waals surface area contributed by atoms with E-state index < -0.39 is 12.0 Å². The lowest BCUT2D eigenvalue weighted by molar-refractivity contribution is 0.0741. The molecule has 0 aliphatic heterocycles. The molecule has 3 nitrogen and oxygen atoms in total. The molecule has 1 atom stereocenters. The van der Waals surface area contributed by atoms with Crippen molar-refractivity contribution in [2.75, 3.05) is 0 Å². The van der Waals surface area contributed by atoms with E-state index in [1.807, 2.05) is 97.1 Å². The number of hydrogen-bond donors (Lipinski definition) is 0. The zero-order valence-corrected chi connectivity index (χ0v) is 17.6. The van der Waals surface area contributed by atoms with Gasteiger partial charge >= 0.3 is 0 Å². The Morgan fingerprint density at radius 2 is 0.969 bits per heavy atom. The molecule has 32 heavy (non-hydrogen) atoms. The van der Waals surface area contributed by atoms with E-state index in [0.717, 1.165) is 5.56 Å². The Bertz CT molecular complexity index is 1090. The second-order valence-corrected chi connectivity index (χ2v) is 7.58. The van der Waals surface area contributed by atoms with E-state index >= 15 is 0 Å². The molecule has 0 saturated heterocycles. The fourth-order valence-electron chi connectivity index (χ4n) is 3.74. The summed E-state index contributed by atoms with van der Waals surface area (Å²) in [7, 11) is 0. The number of ether oxygens (including phenoxy) is 1. The van der Waals surface area contributed by atoms with Gasteiger partial charge in [0.2, 0.25) is 0 Å². The van der Waals surface area contributed by atoms with Crippen LogP contribution in [0.3, 0.4) is 0 Å². The van der Waals surface area contributed by atoms with Crippen molar-refractivity contribution in [1.82, 2.24) is 0 Å². The Labute approximate surface area is 188 Å². The summed E-state index contributed by atoms with van der Waals surface area (Å²) >= 11 is 0. The third-order valence-electron chi connectivity index (χ3n) is 5.39. The molecule has 0 aliphatic carbocycles. The first-order valence-electron chi connectivity index (χ1n) is 10.7. The van der Waals surface area contributed by atoms with Crippen LogP contribution in [-0.2, 0) is 0 Å². The van der Waals surface area contributed by atoms with Crippen LogP contribution in [0, 0.1) is 5.92 Å². The van der Waals surface area contributed by atoms with E-state index in [9.17, 15) is 9.59 Å². The molecule has 0 fully saturated rings. The molecular weight excluding hydrogens is 396 g/mol. The van der Waals surface area contributed by atoms with Gasteiger partial charge in [-0.05, 0) is 17.7 Å². The Morgan fingerprint density at radius 3 is 1.44 bits per heavy atom. The summed E-state index contributed by atoms with van der Waals surface area (Å²) in [6, 6.07) is 37.2. The van der Waals surface area contributed by atoms with E-state index in [0.29, 0.717) is 16.9 Å². The van der Waals surface area contributed by atoms with Gasteiger partial charge in [0.15, 0.2) is 11.6 Å². The average molecular weight is 421 g/mol. The molecule has 1 unspecified atom stereocenters. The molecule has 4 rings (SSSR count). The van der Waals surface area contributed by atoms with Crippen LogP contribution in [0.2, 0.25) is 0 Å². The topological polar surface area (TPSA) is 43.4 Å². The largest absolute Gasteiger partial charge is 0.486 e. The van der Waals surface area contributed by atoms with Crippen molar-refractivity contribution >= 4 is 11.6 Å². The fourth-order valence-corrected chi connectivity index (χ4v) is 3.74. The molecule has 0 aromatic heterocycles. The Morgan fingerprint density at radius 1 is 0.562 bits per heavy atom. The second-order valence-electron chi connectivity index (χ2n) is 7.58. The van der Waals surface area contributed by atoms with E-state index in [4.69, 9.17) is 4.74 Å². The number of para-hydroxylation sites is 1. The minimum absolute atomic E-state index is 0.197. The first-order chi connectivity index (χ1) is 15.7. The SMILES string of the molecule is O=C(c1ccccc1)C(CC(Oc1ccccc1)c1ccccc1)C(=O)c1ccccc1. The molecule has 3 heteroatoms. The monoisotopic (exact) mass is 420 g/mol. The third kappa shape index (κ3) is 5.19. The average Bonchev–Trinajstić information content (AvgIpc) is 2.88. The number of benzene rings is 4. The van der Waals surface area contributed by atoms with Gasteiger partial charge in [0, 0.05) is 17.5 Å². The molecule has 4 aromatic carbocycles. The first-order valence-corrected chi connectivity index (χ1v) is 10.7. The molecule has 0 bridgehead atoms. The molecule has 158 valence electrons. The van der Waals surface area contributed by atoms with Crippen LogP contribution in [-0.4, -0.2) is 11.6 Å². The Kier molecular flexibility index (Phi) is 6.88. The van der Waals surface area contributed by atoms with Gasteiger partial charge in [-0.25, -0.2) is 0 Å². The van der Waals surface area contributed by atoms with Crippen molar-refractivity contribution in [3.8, 4) is 5.75 Å². The summed E-state index contributed by atoms with van der Waals surface area (Å²) in [5.74, 6) is -0.567. The minimum Gasteiger partial charge on any atom is -0.486 e. The summed E-state index contributed by atoms with van der Waals surface area (Å²) in [5.41, 5.74) is 1.96. The molecular formula is C29H24O3. The number of Topliss-reactive ketones (excluding diaryl/α,β-unsaturated/α-hetero) is 2. The number of rotatable bonds is 9. The molecule has 0 amide bonds. The van der Waals surface area contributed by atoms with Gasteiger partial charge in [0.25, 0.3) is 0 Å². The normalized spacial score (nSPS) is 11.7. The first kappa shape index (κ1) is 21.3. The predicted octanol–water partition coefficient (Wildman–Crippen LogP) is 6.58. The van der Waals surface area contributed by atoms with Crippen LogP contribution in [0.5, 0.6) is 5.75 Å². The van der Waals surface area contributed by atoms with Crippen LogP contribution >= 0.6 is 0 Å². The van der Waals surface area contributed by atoms with Crippen molar-refractivity contribution in [2.45, 2.75) is 12.5 Å². The molecule has 0 radical (unpaired) electrons. The van der Waals surface area contributed by atoms with Crippen LogP contribution in [0.1, 0.15) is 38.8 Å². The van der Waals surface area contributed by atoms with Crippen molar-refractivity contribution < 1.29 is 14.3 Å². The maximum atomic E-state index is 13.5. The summed E-state index contributed by atoms with van der Waals surface area (Å²) in [5, 5.41) is 0. The van der Waals surface area contributed by atoms with Gasteiger partial charge in [-0.1, -0.05) is 109 Å². The van der Waals surface area contributed by atoms with Gasteiger partial charge in [-0.3, -0.25) is 9.59 Å². The molecule has 0 spiro atoms. The zero-order valence-electron chi connectivity index (χ0n) is 17.6. The summed E-state index contributed by atoms with van der Waals surface area (Å²) in [4.78, 5) is 27.0. The quantitative estimate of drug-likeness (QED) is 0.227. The highest BCUT2D eigenvalue weighted by Gasteiger charge is 2.32. The van der Waals surface area contributed by atoms with E-state index in [1.54, 1.807) is 24.3 Å². The van der Waals surface area contributed by atoms with Crippen LogP contribution in [0.4, 0.5) is 0 Å². The van der Waals surface area contributed by atoms with Gasteiger partial charge in [-0.2, -0.15) is 0 Å². The van der Waals surface area contributed by atoms with Crippen LogP contribution in [0.25, 0.3) is 0 Å². The molecule has 0 heterocycles. The molecule has 0 N–H and O–H groups in total. The smallest absolute Gasteiger partial charge is 0.173 e. The lowest BCUT2D eigenvalue weighted by Crippen LogP contribution is -2.28. The molecule has 0 aliphatic rings. The molecule has 4 aromatic rings. The fraction of sp³-hybridized carbons (Fsp3) is 0.103. The van der Waals surface area contributed by atoms with Crippen LogP contribution in [0.15, 0.2) is 121 Å².